The predicted octanol–water partition coefficient (Wildman–Crippen LogP) is 1.60. The molecule has 2 aliphatic rings. The Morgan fingerprint density at radius 1 is 1.33 bits per heavy atom. The van der Waals surface area contributed by atoms with Crippen LogP contribution in [-0.4, -0.2) is 56.1 Å². The molecule has 3 unspecified atom stereocenters. The van der Waals surface area contributed by atoms with Crippen LogP contribution in [0.15, 0.2) is 18.2 Å². The number of methoxy groups -OCH3 is 2. The number of aliphatic hydroxyl groups is 1. The van der Waals surface area contributed by atoms with Crippen LogP contribution in [0.1, 0.15) is 24.5 Å². The third-order valence-electron chi connectivity index (χ3n) is 4.52. The van der Waals surface area contributed by atoms with E-state index in [1.54, 1.807) is 14.2 Å². The second-order valence-corrected chi connectivity index (χ2v) is 5.72. The van der Waals surface area contributed by atoms with E-state index in [9.17, 15) is 5.11 Å². The van der Waals surface area contributed by atoms with E-state index in [1.165, 1.54) is 12.8 Å². The highest BCUT2D eigenvalue weighted by molar-refractivity contribution is 5.42. The van der Waals surface area contributed by atoms with Crippen LogP contribution < -0.4 is 9.47 Å². The third-order valence-corrected chi connectivity index (χ3v) is 4.52. The lowest BCUT2D eigenvalue weighted by Crippen LogP contribution is -2.48. The van der Waals surface area contributed by atoms with Crippen molar-refractivity contribution < 1.29 is 19.3 Å². The summed E-state index contributed by atoms with van der Waals surface area (Å²) in [5.41, 5.74) is 0.722. The van der Waals surface area contributed by atoms with Crippen LogP contribution in [0, 0.1) is 0 Å². The molecule has 0 aromatic heterocycles. The van der Waals surface area contributed by atoms with Crippen molar-refractivity contribution in [3.8, 4) is 11.5 Å². The maximum absolute atomic E-state index is 10.7. The van der Waals surface area contributed by atoms with E-state index in [0.29, 0.717) is 24.1 Å². The van der Waals surface area contributed by atoms with Gasteiger partial charge in [-0.15, -0.1) is 0 Å². The number of ether oxygens (including phenoxy) is 3. The van der Waals surface area contributed by atoms with Crippen LogP contribution in [0.4, 0.5) is 0 Å². The molecule has 116 valence electrons. The summed E-state index contributed by atoms with van der Waals surface area (Å²) in [5.74, 6) is 1.37. The van der Waals surface area contributed by atoms with Crippen molar-refractivity contribution >= 4 is 0 Å². The predicted molar refractivity (Wildman–Crippen MR) is 78.8 cm³/mol. The molecule has 0 radical (unpaired) electrons. The molecule has 0 aliphatic carbocycles. The average Bonchev–Trinajstić information content (AvgIpc) is 3.01. The van der Waals surface area contributed by atoms with Crippen LogP contribution in [-0.2, 0) is 4.74 Å². The number of benzene rings is 1. The number of hydrogen-bond donors (Lipinski definition) is 1. The van der Waals surface area contributed by atoms with E-state index in [1.807, 2.05) is 18.2 Å². The topological polar surface area (TPSA) is 51.2 Å². The van der Waals surface area contributed by atoms with Gasteiger partial charge in [-0.25, -0.2) is 0 Å². The van der Waals surface area contributed by atoms with E-state index in [2.05, 4.69) is 4.90 Å². The Kier molecular flexibility index (Phi) is 4.33. The molecule has 0 amide bonds. The first-order valence-corrected chi connectivity index (χ1v) is 7.48. The van der Waals surface area contributed by atoms with Crippen molar-refractivity contribution in [2.45, 2.75) is 31.1 Å². The van der Waals surface area contributed by atoms with Crippen molar-refractivity contribution in [2.75, 3.05) is 33.9 Å². The molecule has 5 nitrogen and oxygen atoms in total. The lowest BCUT2D eigenvalue weighted by molar-refractivity contribution is -0.104. The molecular weight excluding hydrogens is 270 g/mol. The molecule has 0 bridgehead atoms. The van der Waals surface area contributed by atoms with Crippen molar-refractivity contribution in [3.63, 3.8) is 0 Å². The molecule has 0 saturated carbocycles. The SMILES string of the molecule is COc1ccc(OC)c(C(O)C2CN3CCCC3CO2)c1. The monoisotopic (exact) mass is 293 g/mol. The quantitative estimate of drug-likeness (QED) is 0.914. The van der Waals surface area contributed by atoms with Gasteiger partial charge in [0.2, 0.25) is 0 Å². The second kappa shape index (κ2) is 6.22. The number of morpholine rings is 1. The van der Waals surface area contributed by atoms with E-state index in [4.69, 9.17) is 14.2 Å². The molecule has 2 fully saturated rings. The molecule has 0 spiro atoms. The fraction of sp³-hybridized carbons (Fsp3) is 0.625. The van der Waals surface area contributed by atoms with Gasteiger partial charge >= 0.3 is 0 Å². The van der Waals surface area contributed by atoms with Gasteiger partial charge < -0.3 is 19.3 Å². The first kappa shape index (κ1) is 14.6. The van der Waals surface area contributed by atoms with Gasteiger partial charge in [0.1, 0.15) is 23.7 Å². The highest BCUT2D eigenvalue weighted by atomic mass is 16.5. The molecule has 2 aliphatic heterocycles. The summed E-state index contributed by atoms with van der Waals surface area (Å²) in [4.78, 5) is 2.42. The Hall–Kier alpha value is -1.30. The molecular formula is C16H23NO4. The van der Waals surface area contributed by atoms with E-state index in [0.717, 1.165) is 18.7 Å². The van der Waals surface area contributed by atoms with Gasteiger partial charge in [0, 0.05) is 18.2 Å². The van der Waals surface area contributed by atoms with Crippen LogP contribution >= 0.6 is 0 Å². The van der Waals surface area contributed by atoms with Gasteiger partial charge in [-0.3, -0.25) is 4.90 Å². The third kappa shape index (κ3) is 2.86. The fourth-order valence-corrected chi connectivity index (χ4v) is 3.30. The minimum Gasteiger partial charge on any atom is -0.497 e. The summed E-state index contributed by atoms with van der Waals surface area (Å²) in [5, 5.41) is 10.7. The standard InChI is InChI=1S/C16H23NO4/c1-19-12-5-6-14(20-2)13(8-12)16(18)15-9-17-7-3-4-11(17)10-21-15/h5-6,8,11,15-16,18H,3-4,7,9-10H2,1-2H3. The van der Waals surface area contributed by atoms with Crippen LogP contribution in [0.2, 0.25) is 0 Å². The molecule has 2 heterocycles. The second-order valence-electron chi connectivity index (χ2n) is 5.72. The van der Waals surface area contributed by atoms with E-state index >= 15 is 0 Å². The van der Waals surface area contributed by atoms with Gasteiger partial charge in [-0.2, -0.15) is 0 Å². The summed E-state index contributed by atoms with van der Waals surface area (Å²) in [6.45, 7) is 2.58. The Labute approximate surface area is 125 Å². The summed E-state index contributed by atoms with van der Waals surface area (Å²) in [6, 6.07) is 6.00. The first-order valence-electron chi connectivity index (χ1n) is 7.48. The number of aliphatic hydroxyl groups excluding tert-OH is 1. The smallest absolute Gasteiger partial charge is 0.125 e. The number of fused-ring (bicyclic) bond motifs is 1. The molecule has 3 rings (SSSR count). The molecule has 1 aromatic carbocycles. The zero-order valence-corrected chi connectivity index (χ0v) is 12.6. The Bertz CT molecular complexity index is 493. The maximum Gasteiger partial charge on any atom is 0.125 e. The lowest BCUT2D eigenvalue weighted by atomic mass is 10.0. The fourth-order valence-electron chi connectivity index (χ4n) is 3.30. The molecule has 1 N–H and O–H groups in total. The lowest BCUT2D eigenvalue weighted by Gasteiger charge is -2.37. The molecule has 21 heavy (non-hydrogen) atoms. The van der Waals surface area contributed by atoms with Gasteiger partial charge in [-0.05, 0) is 37.6 Å². The Morgan fingerprint density at radius 2 is 2.19 bits per heavy atom. The molecule has 1 aromatic rings. The summed E-state index contributed by atoms with van der Waals surface area (Å²) in [7, 11) is 3.22. The van der Waals surface area contributed by atoms with Crippen molar-refractivity contribution in [2.24, 2.45) is 0 Å². The van der Waals surface area contributed by atoms with Crippen LogP contribution in [0.25, 0.3) is 0 Å². The van der Waals surface area contributed by atoms with E-state index in [-0.39, 0.29) is 6.10 Å². The Balaban J connectivity index is 1.79. The van der Waals surface area contributed by atoms with Crippen LogP contribution in [0.5, 0.6) is 11.5 Å². The van der Waals surface area contributed by atoms with Crippen molar-refractivity contribution in [3.05, 3.63) is 23.8 Å². The summed E-state index contributed by atoms with van der Waals surface area (Å²) in [6.07, 6.45) is 1.49. The highest BCUT2D eigenvalue weighted by Gasteiger charge is 2.36. The highest BCUT2D eigenvalue weighted by Crippen LogP contribution is 2.34. The van der Waals surface area contributed by atoms with Crippen molar-refractivity contribution in [1.29, 1.82) is 0 Å². The maximum atomic E-state index is 10.7. The molecule has 2 saturated heterocycles. The van der Waals surface area contributed by atoms with Gasteiger partial charge in [0.15, 0.2) is 0 Å². The van der Waals surface area contributed by atoms with E-state index < -0.39 is 6.10 Å². The summed E-state index contributed by atoms with van der Waals surface area (Å²) >= 11 is 0. The van der Waals surface area contributed by atoms with Gasteiger partial charge in [0.25, 0.3) is 0 Å². The number of hydrogen-bond acceptors (Lipinski definition) is 5. The molecule has 5 heteroatoms. The number of rotatable bonds is 4. The van der Waals surface area contributed by atoms with Gasteiger partial charge in [-0.1, -0.05) is 0 Å². The minimum atomic E-state index is -0.711. The average molecular weight is 293 g/mol. The largest absolute Gasteiger partial charge is 0.497 e. The van der Waals surface area contributed by atoms with Crippen molar-refractivity contribution in [1.82, 2.24) is 4.90 Å². The molecule has 3 atom stereocenters. The normalized spacial score (nSPS) is 27.2. The zero-order valence-electron chi connectivity index (χ0n) is 12.6. The number of nitrogens with zero attached hydrogens (tertiary/aromatic N) is 1. The van der Waals surface area contributed by atoms with Gasteiger partial charge in [0.05, 0.1) is 20.8 Å². The minimum absolute atomic E-state index is 0.222. The summed E-state index contributed by atoms with van der Waals surface area (Å²) < 4.78 is 16.5. The Morgan fingerprint density at radius 3 is 2.95 bits per heavy atom. The zero-order chi connectivity index (χ0) is 14.8. The first-order chi connectivity index (χ1) is 10.2. The van der Waals surface area contributed by atoms with Crippen LogP contribution in [0.3, 0.4) is 0 Å².